The van der Waals surface area contributed by atoms with Gasteiger partial charge in [0.05, 0.1) is 17.6 Å². The van der Waals surface area contributed by atoms with Crippen molar-refractivity contribution in [1.29, 1.82) is 0 Å². The number of thiophene rings is 1. The maximum Gasteiger partial charge on any atom is 0.261 e. The summed E-state index contributed by atoms with van der Waals surface area (Å²) in [6.45, 7) is 0.882. The number of benzene rings is 1. The van der Waals surface area contributed by atoms with Crippen molar-refractivity contribution >= 4 is 33.2 Å². The number of aliphatic hydroxyl groups excluding tert-OH is 1. The fraction of sp³-hybridized carbons (Fsp3) is 0.267. The molecule has 6 heteroatoms. The molecule has 1 aromatic carbocycles. The van der Waals surface area contributed by atoms with Gasteiger partial charge in [-0.05, 0) is 45.3 Å². The lowest BCUT2D eigenvalue weighted by Crippen LogP contribution is -2.27. The molecule has 0 aliphatic carbocycles. The second kappa shape index (κ2) is 6.17. The summed E-state index contributed by atoms with van der Waals surface area (Å²) in [5.74, 6) is 0.715. The number of nitrogens with one attached hydrogen (secondary N) is 1. The monoisotopic (exact) mass is 367 g/mol. The summed E-state index contributed by atoms with van der Waals surface area (Å²) < 4.78 is 6.32. The highest BCUT2D eigenvalue weighted by Gasteiger charge is 2.16. The lowest BCUT2D eigenvalue weighted by atomic mass is 10.0. The molecule has 1 amide bonds. The lowest BCUT2D eigenvalue weighted by molar-refractivity contribution is 0.0920. The van der Waals surface area contributed by atoms with E-state index in [4.69, 9.17) is 4.74 Å². The van der Waals surface area contributed by atoms with Gasteiger partial charge in [0.1, 0.15) is 5.75 Å². The average molecular weight is 368 g/mol. The van der Waals surface area contributed by atoms with Gasteiger partial charge < -0.3 is 15.2 Å². The first kappa shape index (κ1) is 14.6. The Morgan fingerprint density at radius 3 is 3.10 bits per heavy atom. The molecule has 1 atom stereocenters. The first-order valence-electron chi connectivity index (χ1n) is 6.59. The molecule has 1 aliphatic heterocycles. The summed E-state index contributed by atoms with van der Waals surface area (Å²) in [6.07, 6.45) is 0.147. The fourth-order valence-corrected chi connectivity index (χ4v) is 3.58. The number of amides is 1. The average Bonchev–Trinajstić information content (AvgIpc) is 3.12. The number of halogens is 1. The van der Waals surface area contributed by atoms with Gasteiger partial charge >= 0.3 is 0 Å². The molecule has 2 N–H and O–H groups in total. The van der Waals surface area contributed by atoms with Crippen LogP contribution in [0.15, 0.2) is 34.1 Å². The highest BCUT2D eigenvalue weighted by molar-refractivity contribution is 9.10. The van der Waals surface area contributed by atoms with Crippen LogP contribution in [0, 0.1) is 0 Å². The quantitative estimate of drug-likeness (QED) is 0.873. The SMILES string of the molecule is O=C(NC[C@@H](O)c1ccc2c(c1)CCO2)c1cc(Br)cs1. The van der Waals surface area contributed by atoms with E-state index in [9.17, 15) is 9.90 Å². The smallest absolute Gasteiger partial charge is 0.261 e. The maximum atomic E-state index is 11.9. The maximum absolute atomic E-state index is 11.9. The Hall–Kier alpha value is -1.37. The van der Waals surface area contributed by atoms with Gasteiger partial charge in [-0.1, -0.05) is 6.07 Å². The zero-order chi connectivity index (χ0) is 14.8. The minimum atomic E-state index is -0.719. The van der Waals surface area contributed by atoms with Crippen LogP contribution in [0.2, 0.25) is 0 Å². The highest BCUT2D eigenvalue weighted by Crippen LogP contribution is 2.28. The van der Waals surface area contributed by atoms with Crippen molar-refractivity contribution in [1.82, 2.24) is 5.32 Å². The molecule has 1 aliphatic rings. The molecular formula is C15H14BrNO3S. The summed E-state index contributed by atoms with van der Waals surface area (Å²) in [4.78, 5) is 12.6. The number of carbonyl (C=O) groups is 1. The third-order valence-electron chi connectivity index (χ3n) is 3.35. The number of ether oxygens (including phenoxy) is 1. The van der Waals surface area contributed by atoms with Gasteiger partial charge in [-0.25, -0.2) is 0 Å². The molecular weight excluding hydrogens is 354 g/mol. The topological polar surface area (TPSA) is 58.6 Å². The van der Waals surface area contributed by atoms with E-state index in [1.807, 2.05) is 23.6 Å². The van der Waals surface area contributed by atoms with Gasteiger partial charge in [0.25, 0.3) is 5.91 Å². The number of rotatable bonds is 4. The largest absolute Gasteiger partial charge is 0.493 e. The molecule has 0 bridgehead atoms. The van der Waals surface area contributed by atoms with E-state index in [1.54, 1.807) is 6.07 Å². The molecule has 110 valence electrons. The molecule has 2 aromatic rings. The van der Waals surface area contributed by atoms with Crippen LogP contribution in [-0.4, -0.2) is 24.2 Å². The molecule has 0 unspecified atom stereocenters. The van der Waals surface area contributed by atoms with E-state index in [0.29, 0.717) is 11.5 Å². The Bertz CT molecular complexity index is 671. The molecule has 0 radical (unpaired) electrons. The van der Waals surface area contributed by atoms with E-state index >= 15 is 0 Å². The van der Waals surface area contributed by atoms with Gasteiger partial charge in [0, 0.05) is 22.8 Å². The summed E-state index contributed by atoms with van der Waals surface area (Å²) >= 11 is 4.68. The predicted molar refractivity (Wildman–Crippen MR) is 85.0 cm³/mol. The van der Waals surface area contributed by atoms with Gasteiger partial charge in [-0.15, -0.1) is 11.3 Å². The Kier molecular flexibility index (Phi) is 4.28. The van der Waals surface area contributed by atoms with Crippen molar-refractivity contribution in [2.75, 3.05) is 13.2 Å². The third-order valence-corrected chi connectivity index (χ3v) is 5.04. The predicted octanol–water partition coefficient (Wildman–Crippen LogP) is 2.91. The van der Waals surface area contributed by atoms with Gasteiger partial charge in [-0.3, -0.25) is 4.79 Å². The van der Waals surface area contributed by atoms with Gasteiger partial charge in [0.2, 0.25) is 0 Å². The van der Waals surface area contributed by atoms with Crippen molar-refractivity contribution in [3.63, 3.8) is 0 Å². The molecule has 0 saturated heterocycles. The first-order valence-corrected chi connectivity index (χ1v) is 8.26. The van der Waals surface area contributed by atoms with Crippen LogP contribution in [0.25, 0.3) is 0 Å². The molecule has 0 saturated carbocycles. The summed E-state index contributed by atoms with van der Waals surface area (Å²) in [7, 11) is 0. The number of fused-ring (bicyclic) bond motifs is 1. The molecule has 4 nitrogen and oxygen atoms in total. The van der Waals surface area contributed by atoms with E-state index in [-0.39, 0.29) is 12.5 Å². The minimum absolute atomic E-state index is 0.172. The standard InChI is InChI=1S/C15H14BrNO3S/c16-11-6-14(21-8-11)15(19)17-7-12(18)9-1-2-13-10(5-9)3-4-20-13/h1-2,5-6,8,12,18H,3-4,7H2,(H,17,19)/t12-/m1/s1. The van der Waals surface area contributed by atoms with E-state index in [2.05, 4.69) is 21.2 Å². The van der Waals surface area contributed by atoms with Crippen LogP contribution < -0.4 is 10.1 Å². The van der Waals surface area contributed by atoms with Crippen LogP contribution in [-0.2, 0) is 6.42 Å². The van der Waals surface area contributed by atoms with Crippen LogP contribution in [0.1, 0.15) is 26.9 Å². The third kappa shape index (κ3) is 3.28. The second-order valence-corrected chi connectivity index (χ2v) is 6.65. The highest BCUT2D eigenvalue weighted by atomic mass is 79.9. The molecule has 2 heterocycles. The van der Waals surface area contributed by atoms with Crippen molar-refractivity contribution in [2.24, 2.45) is 0 Å². The Morgan fingerprint density at radius 2 is 2.33 bits per heavy atom. The summed E-state index contributed by atoms with van der Waals surface area (Å²) in [5.41, 5.74) is 1.91. The zero-order valence-corrected chi connectivity index (χ0v) is 13.5. The zero-order valence-electron chi connectivity index (χ0n) is 11.1. The Balaban J connectivity index is 1.61. The number of hydrogen-bond acceptors (Lipinski definition) is 4. The van der Waals surface area contributed by atoms with Crippen molar-refractivity contribution in [2.45, 2.75) is 12.5 Å². The lowest BCUT2D eigenvalue weighted by Gasteiger charge is -2.13. The fourth-order valence-electron chi connectivity index (χ4n) is 2.24. The molecule has 0 spiro atoms. The second-order valence-electron chi connectivity index (χ2n) is 4.82. The molecule has 1 aromatic heterocycles. The number of aliphatic hydroxyl groups is 1. The number of carbonyl (C=O) groups excluding carboxylic acids is 1. The van der Waals surface area contributed by atoms with Crippen molar-refractivity contribution in [3.8, 4) is 5.75 Å². The molecule has 0 fully saturated rings. The van der Waals surface area contributed by atoms with Crippen molar-refractivity contribution in [3.05, 3.63) is 50.1 Å². The molecule has 21 heavy (non-hydrogen) atoms. The molecule has 3 rings (SSSR count). The summed E-state index contributed by atoms with van der Waals surface area (Å²) in [5, 5.41) is 14.8. The van der Waals surface area contributed by atoms with E-state index < -0.39 is 6.10 Å². The van der Waals surface area contributed by atoms with Gasteiger partial charge in [-0.2, -0.15) is 0 Å². The normalized spacial score (nSPS) is 14.4. The van der Waals surface area contributed by atoms with Crippen LogP contribution >= 0.6 is 27.3 Å². The van der Waals surface area contributed by atoms with Crippen molar-refractivity contribution < 1.29 is 14.6 Å². The Morgan fingerprint density at radius 1 is 1.48 bits per heavy atom. The minimum Gasteiger partial charge on any atom is -0.493 e. The summed E-state index contributed by atoms with van der Waals surface area (Å²) in [6, 6.07) is 7.42. The van der Waals surface area contributed by atoms with Gasteiger partial charge in [0.15, 0.2) is 0 Å². The Labute approximate surface area is 134 Å². The first-order chi connectivity index (χ1) is 10.1. The van der Waals surface area contributed by atoms with E-state index in [0.717, 1.165) is 27.8 Å². The van der Waals surface area contributed by atoms with Crippen LogP contribution in [0.4, 0.5) is 0 Å². The van der Waals surface area contributed by atoms with Crippen LogP contribution in [0.5, 0.6) is 5.75 Å². The van der Waals surface area contributed by atoms with E-state index in [1.165, 1.54) is 11.3 Å². The number of hydrogen-bond donors (Lipinski definition) is 2. The van der Waals surface area contributed by atoms with Crippen LogP contribution in [0.3, 0.4) is 0 Å².